The first-order chi connectivity index (χ1) is 11.6. The maximum absolute atomic E-state index is 12.4. The first-order valence-corrected chi connectivity index (χ1v) is 8.54. The largest absolute Gasteiger partial charge is 0.404 e. The zero-order chi connectivity index (χ0) is 16.9. The number of halogens is 1. The average Bonchev–Trinajstić information content (AvgIpc) is 3.11. The van der Waals surface area contributed by atoms with Crippen molar-refractivity contribution in [2.24, 2.45) is 0 Å². The number of likely N-dealkylation sites (tertiary alicyclic amines) is 1. The van der Waals surface area contributed by atoms with Gasteiger partial charge in [0.15, 0.2) is 0 Å². The van der Waals surface area contributed by atoms with Crippen molar-refractivity contribution < 1.29 is 9.53 Å². The number of carbonyl (C=O) groups excluding carboxylic acids is 1. The molecular weight excluding hydrogens is 372 g/mol. The Kier molecular flexibility index (Phi) is 5.15. The molecule has 1 saturated heterocycles. The summed E-state index contributed by atoms with van der Waals surface area (Å²) in [5.41, 5.74) is 0.289. The van der Waals surface area contributed by atoms with Gasteiger partial charge in [0.25, 0.3) is 5.56 Å². The molecule has 0 N–H and O–H groups in total. The van der Waals surface area contributed by atoms with Crippen LogP contribution in [0.2, 0.25) is 0 Å². The summed E-state index contributed by atoms with van der Waals surface area (Å²) in [5.74, 6) is -0.0432. The highest BCUT2D eigenvalue weighted by Gasteiger charge is 2.20. The minimum atomic E-state index is -0.440. The second-order valence-corrected chi connectivity index (χ2v) is 6.42. The second kappa shape index (κ2) is 7.49. The summed E-state index contributed by atoms with van der Waals surface area (Å²) in [6.07, 6.45) is 5.30. The predicted octanol–water partition coefficient (Wildman–Crippen LogP) is 3.32. The zero-order valence-electron chi connectivity index (χ0n) is 13.0. The number of benzene rings is 1. The number of hydrogen-bond acceptors (Lipinski definition) is 4. The fraction of sp³-hybridized carbons (Fsp3) is 0.222. The van der Waals surface area contributed by atoms with Crippen molar-refractivity contribution in [1.82, 2.24) is 9.47 Å². The van der Waals surface area contributed by atoms with E-state index in [0.717, 1.165) is 30.4 Å². The van der Waals surface area contributed by atoms with Crippen molar-refractivity contribution in [3.05, 3.63) is 74.9 Å². The first kappa shape index (κ1) is 16.5. The molecule has 0 saturated carbocycles. The Morgan fingerprint density at radius 1 is 1.08 bits per heavy atom. The van der Waals surface area contributed by atoms with Crippen LogP contribution in [0.4, 0.5) is 0 Å². The van der Waals surface area contributed by atoms with Crippen LogP contribution in [0.5, 0.6) is 0 Å². The lowest BCUT2D eigenvalue weighted by molar-refractivity contribution is 0.0524. The third-order valence-corrected chi connectivity index (χ3v) is 4.32. The van der Waals surface area contributed by atoms with Crippen LogP contribution < -0.4 is 5.56 Å². The van der Waals surface area contributed by atoms with Gasteiger partial charge in [0.1, 0.15) is 0 Å². The Balaban J connectivity index is 1.88. The third-order valence-electron chi connectivity index (χ3n) is 3.80. The zero-order valence-corrected chi connectivity index (χ0v) is 14.6. The van der Waals surface area contributed by atoms with Crippen LogP contribution in [-0.4, -0.2) is 28.5 Å². The monoisotopic (exact) mass is 388 g/mol. The van der Waals surface area contributed by atoms with Crippen molar-refractivity contribution in [3.8, 4) is 0 Å². The normalized spacial score (nSPS) is 14.7. The molecule has 2 heterocycles. The van der Waals surface area contributed by atoms with Crippen molar-refractivity contribution in [2.45, 2.75) is 12.8 Å². The molecule has 0 spiro atoms. The number of pyridine rings is 1. The molecule has 1 aromatic heterocycles. The van der Waals surface area contributed by atoms with Gasteiger partial charge in [0.2, 0.25) is 5.88 Å². The highest BCUT2D eigenvalue weighted by molar-refractivity contribution is 9.10. The highest BCUT2D eigenvalue weighted by atomic mass is 79.9. The van der Waals surface area contributed by atoms with E-state index in [4.69, 9.17) is 4.74 Å². The summed E-state index contributed by atoms with van der Waals surface area (Å²) in [6.45, 7) is 1.61. The number of aromatic nitrogens is 1. The molecule has 0 amide bonds. The number of hydrogen-bond donors (Lipinski definition) is 0. The second-order valence-electron chi connectivity index (χ2n) is 5.50. The molecule has 1 aromatic carbocycles. The molecule has 0 atom stereocenters. The summed E-state index contributed by atoms with van der Waals surface area (Å²) >= 11 is 3.34. The van der Waals surface area contributed by atoms with E-state index in [0.29, 0.717) is 11.4 Å². The fourth-order valence-corrected chi connectivity index (χ4v) is 2.78. The van der Waals surface area contributed by atoms with Gasteiger partial charge in [-0.2, -0.15) is 0 Å². The fourth-order valence-electron chi connectivity index (χ4n) is 2.52. The van der Waals surface area contributed by atoms with Crippen LogP contribution in [0.1, 0.15) is 23.2 Å². The van der Waals surface area contributed by atoms with Gasteiger partial charge in [-0.3, -0.25) is 9.36 Å². The lowest BCUT2D eigenvalue weighted by Gasteiger charge is -2.20. The van der Waals surface area contributed by atoms with Crippen molar-refractivity contribution in [3.63, 3.8) is 0 Å². The van der Waals surface area contributed by atoms with Crippen LogP contribution in [-0.2, 0) is 4.74 Å². The SMILES string of the molecule is O=C(O/C(=C\n1ccccc1=O)N1CCCC1)c1ccc(Br)cc1. The van der Waals surface area contributed by atoms with Crippen LogP contribution in [0.15, 0.2) is 63.8 Å². The molecule has 1 aliphatic heterocycles. The van der Waals surface area contributed by atoms with Crippen LogP contribution in [0.25, 0.3) is 6.20 Å². The van der Waals surface area contributed by atoms with Gasteiger partial charge in [0.05, 0.1) is 11.8 Å². The smallest absolute Gasteiger partial charge is 0.344 e. The van der Waals surface area contributed by atoms with E-state index in [1.54, 1.807) is 48.8 Å². The molecule has 124 valence electrons. The molecule has 6 heteroatoms. The Morgan fingerprint density at radius 2 is 1.79 bits per heavy atom. The summed E-state index contributed by atoms with van der Waals surface area (Å²) in [4.78, 5) is 26.3. The summed E-state index contributed by atoms with van der Waals surface area (Å²) in [7, 11) is 0. The summed E-state index contributed by atoms with van der Waals surface area (Å²) < 4.78 is 7.91. The van der Waals surface area contributed by atoms with Gasteiger partial charge >= 0.3 is 5.97 Å². The predicted molar refractivity (Wildman–Crippen MR) is 95.3 cm³/mol. The van der Waals surface area contributed by atoms with Gasteiger partial charge in [-0.1, -0.05) is 22.0 Å². The lowest BCUT2D eigenvalue weighted by atomic mass is 10.2. The molecule has 0 bridgehead atoms. The van der Waals surface area contributed by atoms with E-state index < -0.39 is 5.97 Å². The van der Waals surface area contributed by atoms with Crippen LogP contribution >= 0.6 is 15.9 Å². The third kappa shape index (κ3) is 3.94. The van der Waals surface area contributed by atoms with Gasteiger partial charge < -0.3 is 9.64 Å². The van der Waals surface area contributed by atoms with E-state index in [1.807, 2.05) is 4.90 Å². The summed E-state index contributed by atoms with van der Waals surface area (Å²) in [6, 6.07) is 11.9. The molecule has 2 aromatic rings. The molecule has 0 aliphatic carbocycles. The minimum Gasteiger partial charge on any atom is -0.404 e. The molecule has 1 aliphatic rings. The molecule has 1 fully saturated rings. The Hall–Kier alpha value is -2.34. The van der Waals surface area contributed by atoms with Gasteiger partial charge in [-0.25, -0.2) is 4.79 Å². The van der Waals surface area contributed by atoms with Gasteiger partial charge in [-0.15, -0.1) is 0 Å². The standard InChI is InChI=1S/C18H17BrN2O3/c19-15-8-6-14(7-9-15)18(23)24-17(20-10-3-4-11-20)13-21-12-2-1-5-16(21)22/h1-2,5-9,12-13H,3-4,10-11H2/b17-13-. The number of rotatable bonds is 4. The molecule has 5 nitrogen and oxygen atoms in total. The number of nitrogens with zero attached hydrogens (tertiary/aromatic N) is 2. The van der Waals surface area contributed by atoms with E-state index in [2.05, 4.69) is 15.9 Å². The van der Waals surface area contributed by atoms with E-state index in [-0.39, 0.29) is 5.56 Å². The Labute approximate surface area is 148 Å². The number of carbonyl (C=O) groups is 1. The van der Waals surface area contributed by atoms with E-state index in [9.17, 15) is 9.59 Å². The highest BCUT2D eigenvalue weighted by Crippen LogP contribution is 2.19. The Morgan fingerprint density at radius 3 is 2.46 bits per heavy atom. The van der Waals surface area contributed by atoms with Gasteiger partial charge in [0, 0.05) is 29.8 Å². The van der Waals surface area contributed by atoms with Crippen LogP contribution in [0, 0.1) is 0 Å². The molecule has 0 radical (unpaired) electrons. The molecule has 24 heavy (non-hydrogen) atoms. The number of ether oxygens (including phenoxy) is 1. The molecular formula is C18H17BrN2O3. The van der Waals surface area contributed by atoms with Crippen molar-refractivity contribution >= 4 is 28.1 Å². The molecule has 0 unspecified atom stereocenters. The molecule has 3 rings (SSSR count). The van der Waals surface area contributed by atoms with Crippen molar-refractivity contribution in [1.29, 1.82) is 0 Å². The number of esters is 1. The lowest BCUT2D eigenvalue weighted by Crippen LogP contribution is -2.25. The minimum absolute atomic E-state index is 0.172. The van der Waals surface area contributed by atoms with Crippen LogP contribution in [0.3, 0.4) is 0 Å². The maximum Gasteiger partial charge on any atom is 0.344 e. The Bertz CT molecular complexity index is 806. The van der Waals surface area contributed by atoms with E-state index in [1.165, 1.54) is 10.6 Å². The average molecular weight is 389 g/mol. The van der Waals surface area contributed by atoms with E-state index >= 15 is 0 Å². The van der Waals surface area contributed by atoms with Crippen molar-refractivity contribution in [2.75, 3.05) is 13.1 Å². The first-order valence-electron chi connectivity index (χ1n) is 7.75. The quantitative estimate of drug-likeness (QED) is 0.595. The topological polar surface area (TPSA) is 51.5 Å². The van der Waals surface area contributed by atoms with Gasteiger partial charge in [-0.05, 0) is 43.2 Å². The summed E-state index contributed by atoms with van der Waals surface area (Å²) in [5, 5.41) is 0. The maximum atomic E-state index is 12.4.